The van der Waals surface area contributed by atoms with E-state index in [0.29, 0.717) is 30.1 Å². The number of carbonyl (C=O) groups is 3. The molecule has 1 aliphatic heterocycles. The molecule has 6 nitrogen and oxygen atoms in total. The molecule has 0 aromatic heterocycles. The van der Waals surface area contributed by atoms with E-state index in [1.54, 1.807) is 0 Å². The highest BCUT2D eigenvalue weighted by Gasteiger charge is 2.32. The third-order valence-electron chi connectivity index (χ3n) is 8.38. The number of hydrogen-bond acceptors (Lipinski definition) is 4. The summed E-state index contributed by atoms with van der Waals surface area (Å²) in [5, 5.41) is 6.01. The van der Waals surface area contributed by atoms with Crippen molar-refractivity contribution in [2.24, 2.45) is 11.8 Å². The molecule has 1 aliphatic carbocycles. The first kappa shape index (κ1) is 29.8. The summed E-state index contributed by atoms with van der Waals surface area (Å²) in [4.78, 5) is 40.4. The molecule has 2 fully saturated rings. The first-order valence-corrected chi connectivity index (χ1v) is 14.6. The lowest BCUT2D eigenvalue weighted by atomic mass is 9.80. The van der Waals surface area contributed by atoms with E-state index in [1.807, 2.05) is 43.0 Å². The fourth-order valence-corrected chi connectivity index (χ4v) is 5.92. The number of likely N-dealkylation sites (tertiary alicyclic amines) is 1. The zero-order valence-electron chi connectivity index (χ0n) is 23.6. The summed E-state index contributed by atoms with van der Waals surface area (Å²) in [6, 6.07) is 10.6. The normalized spacial score (nSPS) is 17.6. The van der Waals surface area contributed by atoms with Gasteiger partial charge in [0.2, 0.25) is 5.91 Å². The molecule has 8 heteroatoms. The number of amides is 2. The van der Waals surface area contributed by atoms with Crippen LogP contribution in [0, 0.1) is 23.5 Å². The van der Waals surface area contributed by atoms with Gasteiger partial charge in [0.1, 0.15) is 11.6 Å². The highest BCUT2D eigenvalue weighted by atomic mass is 19.1. The molecule has 0 radical (unpaired) electrons. The molecule has 216 valence electrons. The lowest BCUT2D eigenvalue weighted by Crippen LogP contribution is -2.48. The maximum atomic E-state index is 13.8. The zero-order chi connectivity index (χ0) is 28.6. The minimum Gasteiger partial charge on any atom is -0.342 e. The molecule has 0 bridgehead atoms. The first-order valence-electron chi connectivity index (χ1n) is 14.6. The smallest absolute Gasteiger partial charge is 0.251 e. The topological polar surface area (TPSA) is 78.5 Å². The Balaban J connectivity index is 1.26. The number of rotatable bonds is 10. The van der Waals surface area contributed by atoms with E-state index >= 15 is 0 Å². The average Bonchev–Trinajstić information content (AvgIpc) is 2.97. The molecule has 0 spiro atoms. The maximum Gasteiger partial charge on any atom is 0.251 e. The van der Waals surface area contributed by atoms with Crippen molar-refractivity contribution >= 4 is 17.6 Å². The van der Waals surface area contributed by atoms with Gasteiger partial charge in [0.05, 0.1) is 12.6 Å². The van der Waals surface area contributed by atoms with Crippen LogP contribution >= 0.6 is 0 Å². The van der Waals surface area contributed by atoms with Gasteiger partial charge in [-0.3, -0.25) is 14.4 Å². The van der Waals surface area contributed by atoms with Crippen LogP contribution in [0.25, 0.3) is 0 Å². The molecule has 2 aromatic rings. The number of benzene rings is 2. The molecule has 40 heavy (non-hydrogen) atoms. The van der Waals surface area contributed by atoms with Crippen molar-refractivity contribution in [2.75, 3.05) is 19.6 Å². The van der Waals surface area contributed by atoms with E-state index < -0.39 is 17.7 Å². The molecule has 1 saturated heterocycles. The van der Waals surface area contributed by atoms with Gasteiger partial charge in [-0.05, 0) is 61.3 Å². The molecule has 4 rings (SSSR count). The molecule has 1 saturated carbocycles. The second-order valence-electron chi connectivity index (χ2n) is 11.5. The first-order chi connectivity index (χ1) is 19.2. The lowest BCUT2D eigenvalue weighted by Gasteiger charge is -2.32. The van der Waals surface area contributed by atoms with Crippen molar-refractivity contribution in [3.8, 4) is 0 Å². The van der Waals surface area contributed by atoms with Crippen molar-refractivity contribution in [3.63, 3.8) is 0 Å². The minimum atomic E-state index is -0.627. The Morgan fingerprint density at radius 2 is 1.60 bits per heavy atom. The molecular formula is C32H41F2N3O3. The van der Waals surface area contributed by atoms with Crippen LogP contribution < -0.4 is 10.6 Å². The standard InChI is InChI=1S/C32H41F2N3O3/c1-21(2)31(39)30(24-6-4-3-5-7-24)36-32(40)25-10-8-22(9-11-25)23-14-16-37(17-15-23)29(38)20-35-19-26-12-13-27(33)18-28(26)34/h8-13,18,21,23-24,30,35H,3-7,14-17,19-20H2,1-2H3,(H,36,40). The van der Waals surface area contributed by atoms with Crippen LogP contribution in [0.1, 0.15) is 86.2 Å². The maximum absolute atomic E-state index is 13.8. The Morgan fingerprint density at radius 3 is 2.23 bits per heavy atom. The number of halogens is 2. The van der Waals surface area contributed by atoms with Crippen molar-refractivity contribution < 1.29 is 23.2 Å². The van der Waals surface area contributed by atoms with Gasteiger partial charge in [-0.25, -0.2) is 8.78 Å². The van der Waals surface area contributed by atoms with E-state index in [9.17, 15) is 23.2 Å². The van der Waals surface area contributed by atoms with Gasteiger partial charge in [0, 0.05) is 42.7 Å². The van der Waals surface area contributed by atoms with E-state index in [2.05, 4.69) is 10.6 Å². The zero-order valence-corrected chi connectivity index (χ0v) is 23.6. The summed E-state index contributed by atoms with van der Waals surface area (Å²) in [6.45, 7) is 5.28. The summed E-state index contributed by atoms with van der Waals surface area (Å²) >= 11 is 0. The van der Waals surface area contributed by atoms with E-state index in [4.69, 9.17) is 0 Å². The Kier molecular flexibility index (Phi) is 10.4. The fraction of sp³-hybridized carbons (Fsp3) is 0.531. The van der Waals surface area contributed by atoms with Crippen LogP contribution in [0.15, 0.2) is 42.5 Å². The van der Waals surface area contributed by atoms with Gasteiger partial charge in [0.25, 0.3) is 5.91 Å². The van der Waals surface area contributed by atoms with Gasteiger partial charge in [0.15, 0.2) is 5.78 Å². The average molecular weight is 554 g/mol. The third kappa shape index (κ3) is 7.74. The molecule has 1 heterocycles. The summed E-state index contributed by atoms with van der Waals surface area (Å²) in [5.74, 6) is -1.02. The molecule has 1 atom stereocenters. The van der Waals surface area contributed by atoms with Crippen molar-refractivity contribution in [2.45, 2.75) is 77.3 Å². The van der Waals surface area contributed by atoms with Gasteiger partial charge in [-0.15, -0.1) is 0 Å². The third-order valence-corrected chi connectivity index (χ3v) is 8.38. The number of piperidine rings is 1. The van der Waals surface area contributed by atoms with Crippen molar-refractivity contribution in [1.29, 1.82) is 0 Å². The molecule has 1 unspecified atom stereocenters. The second kappa shape index (κ2) is 14.0. The van der Waals surface area contributed by atoms with Crippen molar-refractivity contribution in [3.05, 3.63) is 70.8 Å². The SMILES string of the molecule is CC(C)C(=O)C(NC(=O)c1ccc(C2CCN(C(=O)CNCc3ccc(F)cc3F)CC2)cc1)C1CCCCC1. The number of nitrogens with one attached hydrogen (secondary N) is 2. The Hall–Kier alpha value is -3.13. The number of ketones is 1. The van der Waals surface area contributed by atoms with Gasteiger partial charge < -0.3 is 15.5 Å². The Morgan fingerprint density at radius 1 is 0.925 bits per heavy atom. The molecule has 2 aromatic carbocycles. The highest BCUT2D eigenvalue weighted by Crippen LogP contribution is 2.30. The Bertz CT molecular complexity index is 1170. The lowest BCUT2D eigenvalue weighted by molar-refractivity contribution is -0.131. The van der Waals surface area contributed by atoms with Crippen LogP contribution in [-0.2, 0) is 16.1 Å². The van der Waals surface area contributed by atoms with Crippen molar-refractivity contribution in [1.82, 2.24) is 15.5 Å². The van der Waals surface area contributed by atoms with E-state index in [-0.39, 0.29) is 42.5 Å². The van der Waals surface area contributed by atoms with Gasteiger partial charge in [-0.1, -0.05) is 51.3 Å². The van der Waals surface area contributed by atoms with Crippen LogP contribution in [0.4, 0.5) is 8.78 Å². The van der Waals surface area contributed by atoms with Crippen LogP contribution in [0.3, 0.4) is 0 Å². The summed E-state index contributed by atoms with van der Waals surface area (Å²) in [6.07, 6.45) is 6.99. The number of nitrogens with zero attached hydrogens (tertiary/aromatic N) is 1. The second-order valence-corrected chi connectivity index (χ2v) is 11.5. The quantitative estimate of drug-likeness (QED) is 0.415. The largest absolute Gasteiger partial charge is 0.342 e. The molecule has 2 aliphatic rings. The van der Waals surface area contributed by atoms with E-state index in [1.165, 1.54) is 18.6 Å². The van der Waals surface area contributed by atoms with Crippen LogP contribution in [0.5, 0.6) is 0 Å². The van der Waals surface area contributed by atoms with Crippen LogP contribution in [0.2, 0.25) is 0 Å². The molecule has 2 N–H and O–H groups in total. The summed E-state index contributed by atoms with van der Waals surface area (Å²) in [7, 11) is 0. The monoisotopic (exact) mass is 553 g/mol. The summed E-state index contributed by atoms with van der Waals surface area (Å²) in [5.41, 5.74) is 2.01. The van der Waals surface area contributed by atoms with E-state index in [0.717, 1.165) is 50.2 Å². The van der Waals surface area contributed by atoms with Gasteiger partial charge >= 0.3 is 0 Å². The molecular weight excluding hydrogens is 512 g/mol. The predicted molar refractivity (Wildman–Crippen MR) is 151 cm³/mol. The Labute approximate surface area is 235 Å². The number of carbonyl (C=O) groups excluding carboxylic acids is 3. The fourth-order valence-electron chi connectivity index (χ4n) is 5.92. The van der Waals surface area contributed by atoms with Gasteiger partial charge in [-0.2, -0.15) is 0 Å². The number of Topliss-reactive ketones (excluding diaryl/α,β-unsaturated/α-hetero) is 1. The molecule has 2 amide bonds. The van der Waals surface area contributed by atoms with Crippen LogP contribution in [-0.4, -0.2) is 48.2 Å². The number of hydrogen-bond donors (Lipinski definition) is 2. The minimum absolute atomic E-state index is 0.0450. The summed E-state index contributed by atoms with van der Waals surface area (Å²) < 4.78 is 26.8. The predicted octanol–water partition coefficient (Wildman–Crippen LogP) is 5.36. The highest BCUT2D eigenvalue weighted by molar-refractivity contribution is 5.98.